The number of fused-ring (bicyclic) bond motifs is 1. The first-order valence-electron chi connectivity index (χ1n) is 10.6. The van der Waals surface area contributed by atoms with E-state index < -0.39 is 0 Å². The SMILES string of the molecule is CC(=O)C1=Cc2ccc(-c3ccc(C(=O)N4CCCC4)cc3)cc2N=C(N)C12CC2. The number of Topliss-reactive ketones (excluding diaryl/α,β-unsaturated/α-hetero) is 1. The normalized spacial score (nSPS) is 19.0. The van der Waals surface area contributed by atoms with Crippen LogP contribution in [0.1, 0.15) is 48.5 Å². The van der Waals surface area contributed by atoms with E-state index in [1.165, 1.54) is 0 Å². The van der Waals surface area contributed by atoms with Crippen molar-refractivity contribution in [2.45, 2.75) is 32.6 Å². The second-order valence-corrected chi connectivity index (χ2v) is 8.54. The quantitative estimate of drug-likeness (QED) is 0.834. The van der Waals surface area contributed by atoms with Crippen LogP contribution in [0.2, 0.25) is 0 Å². The summed E-state index contributed by atoms with van der Waals surface area (Å²) in [7, 11) is 0. The largest absolute Gasteiger partial charge is 0.386 e. The maximum absolute atomic E-state index is 12.6. The van der Waals surface area contributed by atoms with Gasteiger partial charge in [-0.1, -0.05) is 24.3 Å². The lowest BCUT2D eigenvalue weighted by Gasteiger charge is -2.15. The summed E-state index contributed by atoms with van der Waals surface area (Å²) in [5, 5.41) is 0. The smallest absolute Gasteiger partial charge is 0.253 e. The van der Waals surface area contributed by atoms with Crippen molar-refractivity contribution in [3.05, 3.63) is 59.2 Å². The molecule has 2 aliphatic heterocycles. The van der Waals surface area contributed by atoms with E-state index in [1.54, 1.807) is 6.92 Å². The first-order chi connectivity index (χ1) is 14.5. The van der Waals surface area contributed by atoms with E-state index in [-0.39, 0.29) is 17.1 Å². The van der Waals surface area contributed by atoms with Crippen LogP contribution in [0.3, 0.4) is 0 Å². The van der Waals surface area contributed by atoms with Crippen molar-refractivity contribution in [3.63, 3.8) is 0 Å². The average Bonchev–Trinajstić information content (AvgIpc) is 3.39. The zero-order valence-electron chi connectivity index (χ0n) is 17.1. The van der Waals surface area contributed by atoms with Gasteiger partial charge in [0.05, 0.1) is 11.1 Å². The molecule has 30 heavy (non-hydrogen) atoms. The highest BCUT2D eigenvalue weighted by molar-refractivity contribution is 6.10. The Morgan fingerprint density at radius 2 is 1.67 bits per heavy atom. The third-order valence-electron chi connectivity index (χ3n) is 6.56. The third-order valence-corrected chi connectivity index (χ3v) is 6.56. The Morgan fingerprint density at radius 1 is 1.00 bits per heavy atom. The molecule has 0 bridgehead atoms. The van der Waals surface area contributed by atoms with Crippen LogP contribution in [-0.2, 0) is 4.79 Å². The number of carbonyl (C=O) groups is 2. The van der Waals surface area contributed by atoms with Crippen LogP contribution in [-0.4, -0.2) is 35.5 Å². The van der Waals surface area contributed by atoms with Crippen molar-refractivity contribution in [1.29, 1.82) is 0 Å². The Bertz CT molecular complexity index is 1100. The van der Waals surface area contributed by atoms with Crippen molar-refractivity contribution >= 4 is 29.3 Å². The molecule has 0 unspecified atom stereocenters. The molecule has 3 aliphatic rings. The molecule has 2 aromatic carbocycles. The zero-order chi connectivity index (χ0) is 20.9. The Labute approximate surface area is 176 Å². The number of nitrogens with two attached hydrogens (primary N) is 1. The predicted octanol–water partition coefficient (Wildman–Crippen LogP) is 4.34. The number of carbonyl (C=O) groups excluding carboxylic acids is 2. The van der Waals surface area contributed by atoms with Crippen molar-refractivity contribution < 1.29 is 9.59 Å². The number of likely N-dealkylation sites (tertiary alicyclic amines) is 1. The molecular formula is C25H25N3O2. The standard InChI is InChI=1S/C25H25N3O2/c1-16(29)21-14-20-9-8-19(15-22(20)27-24(26)25(21)10-11-25)17-4-6-18(7-5-17)23(30)28-12-2-3-13-28/h4-9,14-15H,2-3,10-13H2,1H3,(H2,26,27). The predicted molar refractivity (Wildman–Crippen MR) is 119 cm³/mol. The minimum absolute atomic E-state index is 0.0563. The van der Waals surface area contributed by atoms with E-state index in [1.807, 2.05) is 53.4 Å². The fraction of sp³-hybridized carbons (Fsp3) is 0.320. The number of amides is 1. The summed E-state index contributed by atoms with van der Waals surface area (Å²) in [4.78, 5) is 31.4. The van der Waals surface area contributed by atoms with Crippen LogP contribution in [0.15, 0.2) is 53.0 Å². The minimum atomic E-state index is -0.372. The molecule has 2 aromatic rings. The second kappa shape index (κ2) is 6.94. The van der Waals surface area contributed by atoms with Gasteiger partial charge in [0, 0.05) is 29.8 Å². The Morgan fingerprint density at radius 3 is 2.30 bits per heavy atom. The lowest BCUT2D eigenvalue weighted by atomic mass is 9.90. The van der Waals surface area contributed by atoms with Gasteiger partial charge in [-0.05, 0) is 68.0 Å². The molecule has 5 heteroatoms. The number of rotatable bonds is 3. The summed E-state index contributed by atoms with van der Waals surface area (Å²) < 4.78 is 0. The van der Waals surface area contributed by atoms with Crippen LogP contribution in [0.4, 0.5) is 5.69 Å². The van der Waals surface area contributed by atoms with E-state index in [0.717, 1.165) is 72.3 Å². The number of nitrogens with zero attached hydrogens (tertiary/aromatic N) is 2. The number of amidine groups is 1. The van der Waals surface area contributed by atoms with Crippen LogP contribution in [0, 0.1) is 5.41 Å². The third kappa shape index (κ3) is 3.05. The highest BCUT2D eigenvalue weighted by Gasteiger charge is 2.52. The topological polar surface area (TPSA) is 75.8 Å². The Balaban J connectivity index is 1.47. The van der Waals surface area contributed by atoms with Crippen molar-refractivity contribution in [1.82, 2.24) is 4.90 Å². The maximum atomic E-state index is 12.6. The molecule has 2 N–H and O–H groups in total. The van der Waals surface area contributed by atoms with E-state index in [2.05, 4.69) is 0 Å². The van der Waals surface area contributed by atoms with Gasteiger partial charge >= 0.3 is 0 Å². The summed E-state index contributed by atoms with van der Waals surface area (Å²) in [5.41, 5.74) is 11.2. The Hall–Kier alpha value is -3.21. The number of benzene rings is 2. The van der Waals surface area contributed by atoms with Crippen LogP contribution < -0.4 is 5.73 Å². The van der Waals surface area contributed by atoms with Gasteiger partial charge in [0.1, 0.15) is 5.84 Å². The zero-order valence-corrected chi connectivity index (χ0v) is 17.1. The molecular weight excluding hydrogens is 374 g/mol. The molecule has 2 heterocycles. The summed E-state index contributed by atoms with van der Waals surface area (Å²) in [5.74, 6) is 0.697. The molecule has 5 rings (SSSR count). The molecule has 5 nitrogen and oxygen atoms in total. The molecule has 1 spiro atoms. The lowest BCUT2D eigenvalue weighted by Crippen LogP contribution is -2.28. The fourth-order valence-electron chi connectivity index (χ4n) is 4.61. The molecule has 0 aromatic heterocycles. The van der Waals surface area contributed by atoms with E-state index in [9.17, 15) is 9.59 Å². The van der Waals surface area contributed by atoms with Gasteiger partial charge < -0.3 is 10.6 Å². The van der Waals surface area contributed by atoms with Gasteiger partial charge in [-0.25, -0.2) is 4.99 Å². The van der Waals surface area contributed by atoms with Gasteiger partial charge in [-0.3, -0.25) is 9.59 Å². The first kappa shape index (κ1) is 18.8. The summed E-state index contributed by atoms with van der Waals surface area (Å²) in [6, 6.07) is 13.8. The van der Waals surface area contributed by atoms with Crippen LogP contribution in [0.5, 0.6) is 0 Å². The van der Waals surface area contributed by atoms with Crippen molar-refractivity contribution in [3.8, 4) is 11.1 Å². The molecule has 0 radical (unpaired) electrons. The lowest BCUT2D eigenvalue weighted by molar-refractivity contribution is -0.113. The summed E-state index contributed by atoms with van der Waals surface area (Å²) in [6.45, 7) is 3.30. The molecule has 2 fully saturated rings. The van der Waals surface area contributed by atoms with Crippen LogP contribution in [0.25, 0.3) is 17.2 Å². The van der Waals surface area contributed by atoms with Gasteiger partial charge in [0.2, 0.25) is 0 Å². The number of hydrogen-bond donors (Lipinski definition) is 1. The Kier molecular flexibility index (Phi) is 4.35. The highest BCUT2D eigenvalue weighted by atomic mass is 16.2. The van der Waals surface area contributed by atoms with Crippen LogP contribution >= 0.6 is 0 Å². The van der Waals surface area contributed by atoms with Crippen molar-refractivity contribution in [2.75, 3.05) is 13.1 Å². The molecule has 1 saturated carbocycles. The highest BCUT2D eigenvalue weighted by Crippen LogP contribution is 2.54. The number of ketones is 1. The molecule has 1 amide bonds. The monoisotopic (exact) mass is 399 g/mol. The second-order valence-electron chi connectivity index (χ2n) is 8.54. The first-order valence-corrected chi connectivity index (χ1v) is 10.6. The average molecular weight is 399 g/mol. The minimum Gasteiger partial charge on any atom is -0.386 e. The molecule has 0 atom stereocenters. The van der Waals surface area contributed by atoms with Gasteiger partial charge in [-0.2, -0.15) is 0 Å². The van der Waals surface area contributed by atoms with Gasteiger partial charge in [0.25, 0.3) is 5.91 Å². The van der Waals surface area contributed by atoms with Gasteiger partial charge in [0.15, 0.2) is 5.78 Å². The number of aliphatic imine (C=N–C) groups is 1. The maximum Gasteiger partial charge on any atom is 0.253 e. The van der Waals surface area contributed by atoms with Crippen molar-refractivity contribution in [2.24, 2.45) is 16.1 Å². The fourth-order valence-corrected chi connectivity index (χ4v) is 4.61. The molecule has 152 valence electrons. The van der Waals surface area contributed by atoms with E-state index in [0.29, 0.717) is 5.84 Å². The van der Waals surface area contributed by atoms with E-state index in [4.69, 9.17) is 10.7 Å². The molecule has 1 saturated heterocycles. The number of hydrogen-bond acceptors (Lipinski definition) is 4. The molecule has 1 aliphatic carbocycles. The van der Waals surface area contributed by atoms with E-state index >= 15 is 0 Å². The summed E-state index contributed by atoms with van der Waals surface area (Å²) >= 11 is 0. The van der Waals surface area contributed by atoms with Gasteiger partial charge in [-0.15, -0.1) is 0 Å². The summed E-state index contributed by atoms with van der Waals surface area (Å²) in [6.07, 6.45) is 5.88.